The molecule has 25 heavy (non-hydrogen) atoms. The summed E-state index contributed by atoms with van der Waals surface area (Å²) in [5, 5.41) is 3.27. The van der Waals surface area contributed by atoms with Gasteiger partial charge in [-0.05, 0) is 64.7 Å². The lowest BCUT2D eigenvalue weighted by Crippen LogP contribution is -2.26. The standard InChI is InChI=1S/C17H16BrClN2O3S/c18-16-8-3-12(19)9-15(16)17(22)20-10-11-1-6-14(7-2-11)25(23,24)21-13-4-5-13/h1-3,6-9,13,21H,4-5,10H2,(H,20,22). The third-order valence-corrected chi connectivity index (χ3v) is 6.22. The maximum absolute atomic E-state index is 12.2. The average molecular weight is 444 g/mol. The van der Waals surface area contributed by atoms with Crippen molar-refractivity contribution in [3.05, 3.63) is 63.1 Å². The fourth-order valence-corrected chi connectivity index (χ4v) is 4.13. The lowest BCUT2D eigenvalue weighted by Gasteiger charge is -2.09. The minimum absolute atomic E-state index is 0.0695. The summed E-state index contributed by atoms with van der Waals surface area (Å²) in [7, 11) is -3.46. The van der Waals surface area contributed by atoms with E-state index in [1.165, 1.54) is 0 Å². The largest absolute Gasteiger partial charge is 0.348 e. The van der Waals surface area contributed by atoms with Gasteiger partial charge in [-0.2, -0.15) is 0 Å². The van der Waals surface area contributed by atoms with Crippen LogP contribution in [0.25, 0.3) is 0 Å². The highest BCUT2D eigenvalue weighted by molar-refractivity contribution is 9.10. The Morgan fingerprint density at radius 3 is 2.48 bits per heavy atom. The molecular weight excluding hydrogens is 428 g/mol. The molecule has 2 N–H and O–H groups in total. The average Bonchev–Trinajstić information content (AvgIpc) is 3.38. The van der Waals surface area contributed by atoms with Crippen molar-refractivity contribution in [3.8, 4) is 0 Å². The van der Waals surface area contributed by atoms with Crippen LogP contribution in [-0.4, -0.2) is 20.4 Å². The molecule has 1 saturated carbocycles. The quantitative estimate of drug-likeness (QED) is 0.718. The molecule has 2 aromatic carbocycles. The predicted molar refractivity (Wildman–Crippen MR) is 100 cm³/mol. The minimum Gasteiger partial charge on any atom is -0.348 e. The second-order valence-corrected chi connectivity index (χ2v) is 8.85. The Hall–Kier alpha value is -1.41. The summed E-state index contributed by atoms with van der Waals surface area (Å²) in [6.45, 7) is 0.286. The van der Waals surface area contributed by atoms with Gasteiger partial charge in [0, 0.05) is 22.1 Å². The molecule has 0 radical (unpaired) electrons. The van der Waals surface area contributed by atoms with Crippen LogP contribution in [0, 0.1) is 0 Å². The fourth-order valence-electron chi connectivity index (χ4n) is 2.22. The van der Waals surface area contributed by atoms with E-state index in [0.29, 0.717) is 15.1 Å². The molecule has 0 unspecified atom stereocenters. The van der Waals surface area contributed by atoms with Crippen LogP contribution in [0.15, 0.2) is 51.8 Å². The summed E-state index contributed by atoms with van der Waals surface area (Å²) in [4.78, 5) is 12.5. The minimum atomic E-state index is -3.46. The van der Waals surface area contributed by atoms with Gasteiger partial charge in [-0.3, -0.25) is 4.79 Å². The van der Waals surface area contributed by atoms with Crippen LogP contribution in [0.2, 0.25) is 5.02 Å². The topological polar surface area (TPSA) is 75.3 Å². The molecule has 0 aliphatic heterocycles. The van der Waals surface area contributed by atoms with Crippen LogP contribution < -0.4 is 10.0 Å². The van der Waals surface area contributed by atoms with Crippen molar-refractivity contribution in [2.24, 2.45) is 0 Å². The number of amides is 1. The summed E-state index contributed by atoms with van der Waals surface area (Å²) < 4.78 is 27.5. The lowest BCUT2D eigenvalue weighted by atomic mass is 10.2. The molecule has 5 nitrogen and oxygen atoms in total. The first-order valence-electron chi connectivity index (χ1n) is 7.70. The van der Waals surface area contributed by atoms with E-state index in [2.05, 4.69) is 26.0 Å². The summed E-state index contributed by atoms with van der Waals surface area (Å²) in [6, 6.07) is 11.5. The third kappa shape index (κ3) is 4.82. The SMILES string of the molecule is O=C(NCc1ccc(S(=O)(=O)NC2CC2)cc1)c1cc(Cl)ccc1Br. The first-order chi connectivity index (χ1) is 11.8. The van der Waals surface area contributed by atoms with Gasteiger partial charge in [-0.25, -0.2) is 13.1 Å². The Bertz CT molecular complexity index is 897. The molecule has 3 rings (SSSR count). The van der Waals surface area contributed by atoms with E-state index in [9.17, 15) is 13.2 Å². The van der Waals surface area contributed by atoms with Crippen molar-refractivity contribution < 1.29 is 13.2 Å². The zero-order chi connectivity index (χ0) is 18.0. The molecule has 1 aliphatic carbocycles. The van der Waals surface area contributed by atoms with Crippen LogP contribution in [0.3, 0.4) is 0 Å². The van der Waals surface area contributed by atoms with E-state index >= 15 is 0 Å². The molecule has 8 heteroatoms. The Labute approximate surface area is 160 Å². The summed E-state index contributed by atoms with van der Waals surface area (Å²) in [5.41, 5.74) is 1.25. The molecule has 0 bridgehead atoms. The fraction of sp³-hybridized carbons (Fsp3) is 0.235. The van der Waals surface area contributed by atoms with Gasteiger partial charge in [0.05, 0.1) is 10.5 Å². The normalized spacial score (nSPS) is 14.3. The number of hydrogen-bond acceptors (Lipinski definition) is 3. The number of halogens is 2. The molecule has 0 atom stereocenters. The van der Waals surface area contributed by atoms with Crippen LogP contribution >= 0.6 is 27.5 Å². The molecule has 1 fully saturated rings. The predicted octanol–water partition coefficient (Wildman–Crippen LogP) is 3.47. The van der Waals surface area contributed by atoms with Gasteiger partial charge in [0.1, 0.15) is 0 Å². The Morgan fingerprint density at radius 1 is 1.16 bits per heavy atom. The second-order valence-electron chi connectivity index (χ2n) is 5.85. The third-order valence-electron chi connectivity index (χ3n) is 3.76. The van der Waals surface area contributed by atoms with Crippen molar-refractivity contribution in [1.29, 1.82) is 0 Å². The monoisotopic (exact) mass is 442 g/mol. The second kappa shape index (κ2) is 7.45. The van der Waals surface area contributed by atoms with Crippen LogP contribution in [-0.2, 0) is 16.6 Å². The molecule has 0 saturated heterocycles. The van der Waals surface area contributed by atoms with E-state index in [0.717, 1.165) is 18.4 Å². The maximum atomic E-state index is 12.2. The summed E-state index contributed by atoms with van der Waals surface area (Å²) in [5.74, 6) is -0.263. The molecule has 132 valence electrons. The van der Waals surface area contributed by atoms with Gasteiger partial charge < -0.3 is 5.32 Å². The molecule has 2 aromatic rings. The number of sulfonamides is 1. The molecular formula is C17H16BrClN2O3S. The zero-order valence-electron chi connectivity index (χ0n) is 13.1. The Morgan fingerprint density at radius 2 is 1.84 bits per heavy atom. The molecule has 0 heterocycles. The molecule has 0 aromatic heterocycles. The number of hydrogen-bond donors (Lipinski definition) is 2. The van der Waals surface area contributed by atoms with Crippen molar-refractivity contribution in [3.63, 3.8) is 0 Å². The smallest absolute Gasteiger partial charge is 0.252 e. The Balaban J connectivity index is 1.63. The van der Waals surface area contributed by atoms with E-state index in [1.54, 1.807) is 42.5 Å². The van der Waals surface area contributed by atoms with E-state index in [4.69, 9.17) is 11.6 Å². The van der Waals surface area contributed by atoms with E-state index < -0.39 is 10.0 Å². The van der Waals surface area contributed by atoms with Crippen molar-refractivity contribution in [1.82, 2.24) is 10.0 Å². The van der Waals surface area contributed by atoms with Gasteiger partial charge >= 0.3 is 0 Å². The van der Waals surface area contributed by atoms with Gasteiger partial charge in [0.15, 0.2) is 0 Å². The number of nitrogens with one attached hydrogen (secondary N) is 2. The number of benzene rings is 2. The molecule has 1 aliphatic rings. The highest BCUT2D eigenvalue weighted by atomic mass is 79.9. The summed E-state index contributed by atoms with van der Waals surface area (Å²) >= 11 is 9.24. The van der Waals surface area contributed by atoms with Crippen molar-refractivity contribution in [2.45, 2.75) is 30.3 Å². The number of carbonyl (C=O) groups excluding carboxylic acids is 1. The van der Waals surface area contributed by atoms with Gasteiger partial charge in [-0.1, -0.05) is 23.7 Å². The van der Waals surface area contributed by atoms with Crippen molar-refractivity contribution in [2.75, 3.05) is 0 Å². The van der Waals surface area contributed by atoms with Crippen molar-refractivity contribution >= 4 is 43.5 Å². The van der Waals surface area contributed by atoms with Crippen LogP contribution in [0.1, 0.15) is 28.8 Å². The highest BCUT2D eigenvalue weighted by Gasteiger charge is 2.27. The Kier molecular flexibility index (Phi) is 5.48. The molecule has 1 amide bonds. The molecule has 0 spiro atoms. The number of rotatable bonds is 6. The first-order valence-corrected chi connectivity index (χ1v) is 10.3. The highest BCUT2D eigenvalue weighted by Crippen LogP contribution is 2.23. The first kappa shape index (κ1) is 18.4. The summed E-state index contributed by atoms with van der Waals surface area (Å²) in [6.07, 6.45) is 1.78. The van der Waals surface area contributed by atoms with Crippen LogP contribution in [0.5, 0.6) is 0 Å². The van der Waals surface area contributed by atoms with Gasteiger partial charge in [0.2, 0.25) is 10.0 Å². The van der Waals surface area contributed by atoms with Crippen LogP contribution in [0.4, 0.5) is 0 Å². The van der Waals surface area contributed by atoms with E-state index in [-0.39, 0.29) is 23.4 Å². The maximum Gasteiger partial charge on any atom is 0.252 e. The van der Waals surface area contributed by atoms with E-state index in [1.807, 2.05) is 0 Å². The lowest BCUT2D eigenvalue weighted by molar-refractivity contribution is 0.0950. The van der Waals surface area contributed by atoms with Gasteiger partial charge in [0.25, 0.3) is 5.91 Å². The zero-order valence-corrected chi connectivity index (χ0v) is 16.3. The van der Waals surface area contributed by atoms with Gasteiger partial charge in [-0.15, -0.1) is 0 Å². The number of carbonyl (C=O) groups is 1.